The van der Waals surface area contributed by atoms with Crippen LogP contribution >= 0.6 is 34.5 Å². The third kappa shape index (κ3) is 2.72. The average Bonchev–Trinajstić information content (AvgIpc) is 2.78. The molecule has 0 saturated heterocycles. The van der Waals surface area contributed by atoms with Crippen molar-refractivity contribution in [1.82, 2.24) is 4.98 Å². The van der Waals surface area contributed by atoms with Gasteiger partial charge in [0.25, 0.3) is 5.91 Å². The molecule has 0 aliphatic carbocycles. The molecule has 106 valence electrons. The molecular weight excluding hydrogens is 334 g/mol. The third-order valence-electron chi connectivity index (χ3n) is 2.81. The highest BCUT2D eigenvalue weighted by Crippen LogP contribution is 2.36. The quantitative estimate of drug-likeness (QED) is 0.667. The number of hydrogen-bond donors (Lipinski definition) is 1. The Labute approximate surface area is 133 Å². The maximum atomic E-state index is 13.2. The first-order valence-electron chi connectivity index (χ1n) is 5.85. The smallest absolute Gasteiger partial charge is 0.267 e. The normalized spacial score (nSPS) is 10.8. The second-order valence-corrected chi connectivity index (χ2v) is 5.97. The summed E-state index contributed by atoms with van der Waals surface area (Å²) in [6.07, 6.45) is 1.52. The fraction of sp³-hybridized carbons (Fsp3) is 0. The van der Waals surface area contributed by atoms with Gasteiger partial charge in [0.1, 0.15) is 10.7 Å². The Morgan fingerprint density at radius 1 is 1.29 bits per heavy atom. The Bertz CT molecular complexity index is 850. The van der Waals surface area contributed by atoms with Gasteiger partial charge in [-0.3, -0.25) is 4.79 Å². The van der Waals surface area contributed by atoms with Gasteiger partial charge in [-0.15, -0.1) is 11.3 Å². The molecule has 0 aliphatic heterocycles. The number of halogens is 3. The number of anilines is 1. The molecule has 0 saturated carbocycles. The number of benzene rings is 1. The van der Waals surface area contributed by atoms with Crippen molar-refractivity contribution in [1.29, 1.82) is 0 Å². The molecule has 2 heterocycles. The lowest BCUT2D eigenvalue weighted by atomic mass is 10.2. The van der Waals surface area contributed by atoms with Gasteiger partial charge >= 0.3 is 0 Å². The van der Waals surface area contributed by atoms with Crippen LogP contribution in [0.4, 0.5) is 10.1 Å². The monoisotopic (exact) mass is 340 g/mol. The summed E-state index contributed by atoms with van der Waals surface area (Å²) in [5, 5.41) is 3.77. The van der Waals surface area contributed by atoms with Gasteiger partial charge in [0, 0.05) is 16.3 Å². The van der Waals surface area contributed by atoms with Gasteiger partial charge in [-0.2, -0.15) is 0 Å². The van der Waals surface area contributed by atoms with Crippen molar-refractivity contribution in [2.24, 2.45) is 0 Å². The van der Waals surface area contributed by atoms with Gasteiger partial charge in [-0.25, -0.2) is 9.37 Å². The van der Waals surface area contributed by atoms with E-state index in [0.717, 1.165) is 11.3 Å². The number of pyridine rings is 1. The molecule has 0 aliphatic rings. The molecule has 7 heteroatoms. The van der Waals surface area contributed by atoms with Crippen LogP contribution in [0.5, 0.6) is 0 Å². The Morgan fingerprint density at radius 2 is 2.10 bits per heavy atom. The highest BCUT2D eigenvalue weighted by Gasteiger charge is 2.18. The van der Waals surface area contributed by atoms with Crippen molar-refractivity contribution in [3.05, 3.63) is 57.4 Å². The third-order valence-corrected chi connectivity index (χ3v) is 4.76. The van der Waals surface area contributed by atoms with Crippen molar-refractivity contribution in [3.8, 4) is 0 Å². The number of nitrogens with zero attached hydrogens (tertiary/aromatic N) is 1. The topological polar surface area (TPSA) is 42.0 Å². The zero-order valence-electron chi connectivity index (χ0n) is 10.4. The first-order chi connectivity index (χ1) is 10.1. The second kappa shape index (κ2) is 5.60. The van der Waals surface area contributed by atoms with Crippen molar-refractivity contribution in [2.75, 3.05) is 5.32 Å². The minimum absolute atomic E-state index is 0.189. The van der Waals surface area contributed by atoms with E-state index in [1.807, 2.05) is 0 Å². The Hall–Kier alpha value is -1.69. The summed E-state index contributed by atoms with van der Waals surface area (Å²) in [6, 6.07) is 7.50. The van der Waals surface area contributed by atoms with Gasteiger partial charge in [0.15, 0.2) is 5.15 Å². The Kier molecular flexibility index (Phi) is 3.80. The van der Waals surface area contributed by atoms with Gasteiger partial charge in [-0.05, 0) is 30.3 Å². The van der Waals surface area contributed by atoms with Crippen LogP contribution in [0.1, 0.15) is 9.67 Å². The molecule has 3 aromatic rings. The van der Waals surface area contributed by atoms with E-state index < -0.39 is 5.91 Å². The molecule has 0 atom stereocenters. The lowest BCUT2D eigenvalue weighted by Crippen LogP contribution is -2.11. The van der Waals surface area contributed by atoms with Gasteiger partial charge in [0.05, 0.1) is 10.7 Å². The molecule has 1 aromatic carbocycles. The standard InChI is InChI=1S/C14H7Cl2FN2OS/c15-11-8-4-3-7(17)6-10(8)21-12(11)14(20)19-9-2-1-5-18-13(9)16/h1-6H,(H,19,20). The van der Waals surface area contributed by atoms with Crippen molar-refractivity contribution >= 4 is 56.2 Å². The predicted molar refractivity (Wildman–Crippen MR) is 84.0 cm³/mol. The summed E-state index contributed by atoms with van der Waals surface area (Å²) >= 11 is 13.2. The largest absolute Gasteiger partial charge is 0.319 e. The van der Waals surface area contributed by atoms with E-state index in [2.05, 4.69) is 10.3 Å². The fourth-order valence-electron chi connectivity index (χ4n) is 1.84. The van der Waals surface area contributed by atoms with Crippen molar-refractivity contribution in [3.63, 3.8) is 0 Å². The molecule has 21 heavy (non-hydrogen) atoms. The van der Waals surface area contributed by atoms with Gasteiger partial charge in [0.2, 0.25) is 0 Å². The Balaban J connectivity index is 1.98. The maximum absolute atomic E-state index is 13.2. The second-order valence-electron chi connectivity index (χ2n) is 4.18. The van der Waals surface area contributed by atoms with Crippen LogP contribution in [-0.4, -0.2) is 10.9 Å². The zero-order valence-corrected chi connectivity index (χ0v) is 12.7. The molecule has 0 bridgehead atoms. The number of hydrogen-bond acceptors (Lipinski definition) is 3. The lowest BCUT2D eigenvalue weighted by Gasteiger charge is -2.04. The number of aromatic nitrogens is 1. The van der Waals surface area contributed by atoms with E-state index >= 15 is 0 Å². The molecule has 3 rings (SSSR count). The first kappa shape index (κ1) is 14.3. The van der Waals surface area contributed by atoms with Crippen LogP contribution in [0.2, 0.25) is 10.2 Å². The molecule has 0 fully saturated rings. The van der Waals surface area contributed by atoms with E-state index in [0.29, 0.717) is 25.7 Å². The number of thiophene rings is 1. The van der Waals surface area contributed by atoms with Crippen LogP contribution in [0.15, 0.2) is 36.5 Å². The number of nitrogens with one attached hydrogen (secondary N) is 1. The number of carbonyl (C=O) groups is 1. The summed E-state index contributed by atoms with van der Waals surface area (Å²) in [4.78, 5) is 16.5. The summed E-state index contributed by atoms with van der Waals surface area (Å²) in [5.74, 6) is -0.779. The summed E-state index contributed by atoms with van der Waals surface area (Å²) < 4.78 is 13.8. The van der Waals surface area contributed by atoms with Crippen LogP contribution in [-0.2, 0) is 0 Å². The molecule has 3 nitrogen and oxygen atoms in total. The number of rotatable bonds is 2. The van der Waals surface area contributed by atoms with E-state index in [9.17, 15) is 9.18 Å². The van der Waals surface area contributed by atoms with Gasteiger partial charge in [-0.1, -0.05) is 23.2 Å². The SMILES string of the molecule is O=C(Nc1cccnc1Cl)c1sc2cc(F)ccc2c1Cl. The fourth-order valence-corrected chi connectivity index (χ4v) is 3.45. The molecule has 1 N–H and O–H groups in total. The van der Waals surface area contributed by atoms with E-state index in [4.69, 9.17) is 23.2 Å². The number of carbonyl (C=O) groups excluding carboxylic acids is 1. The molecule has 0 unspecified atom stereocenters. The van der Waals surface area contributed by atoms with Crippen molar-refractivity contribution in [2.45, 2.75) is 0 Å². The van der Waals surface area contributed by atoms with Crippen molar-refractivity contribution < 1.29 is 9.18 Å². The maximum Gasteiger partial charge on any atom is 0.267 e. The molecule has 1 amide bonds. The predicted octanol–water partition coefficient (Wildman–Crippen LogP) is 4.99. The molecule has 0 spiro atoms. The van der Waals surface area contributed by atoms with E-state index in [1.165, 1.54) is 18.3 Å². The number of amides is 1. The highest BCUT2D eigenvalue weighted by atomic mass is 35.5. The minimum atomic E-state index is -0.406. The molecule has 2 aromatic heterocycles. The van der Waals surface area contributed by atoms with E-state index in [-0.39, 0.29) is 11.0 Å². The van der Waals surface area contributed by atoms with Crippen LogP contribution in [0.25, 0.3) is 10.1 Å². The summed E-state index contributed by atoms with van der Waals surface area (Å²) in [6.45, 7) is 0. The average molecular weight is 341 g/mol. The highest BCUT2D eigenvalue weighted by molar-refractivity contribution is 7.21. The summed E-state index contributed by atoms with van der Waals surface area (Å²) in [5.41, 5.74) is 0.392. The van der Waals surface area contributed by atoms with Gasteiger partial charge < -0.3 is 5.32 Å². The van der Waals surface area contributed by atoms with Crippen LogP contribution in [0.3, 0.4) is 0 Å². The first-order valence-corrected chi connectivity index (χ1v) is 7.43. The number of fused-ring (bicyclic) bond motifs is 1. The molecular formula is C14H7Cl2FN2OS. The van der Waals surface area contributed by atoms with Crippen LogP contribution < -0.4 is 5.32 Å². The summed E-state index contributed by atoms with van der Waals surface area (Å²) in [7, 11) is 0. The minimum Gasteiger partial charge on any atom is -0.319 e. The zero-order chi connectivity index (χ0) is 15.0. The molecule has 0 radical (unpaired) electrons. The van der Waals surface area contributed by atoms with Crippen LogP contribution in [0, 0.1) is 5.82 Å². The lowest BCUT2D eigenvalue weighted by molar-refractivity contribution is 0.103. The Morgan fingerprint density at radius 3 is 2.86 bits per heavy atom. The van der Waals surface area contributed by atoms with E-state index in [1.54, 1.807) is 18.2 Å².